The van der Waals surface area contributed by atoms with Crippen LogP contribution in [0.15, 0.2) is 30.5 Å². The number of amides is 1. The van der Waals surface area contributed by atoms with Crippen molar-refractivity contribution in [1.82, 2.24) is 19.6 Å². The Morgan fingerprint density at radius 1 is 1.16 bits per heavy atom. The molecule has 31 heavy (non-hydrogen) atoms. The molecular formula is C24H34N4O3. The number of ether oxygens (including phenoxy) is 2. The van der Waals surface area contributed by atoms with Gasteiger partial charge in [-0.25, -0.2) is 4.68 Å². The van der Waals surface area contributed by atoms with Gasteiger partial charge in [0.2, 0.25) is 0 Å². The highest BCUT2D eigenvalue weighted by Gasteiger charge is 2.29. The molecular weight excluding hydrogens is 392 g/mol. The molecule has 3 heterocycles. The first-order valence-electron chi connectivity index (χ1n) is 11.3. The van der Waals surface area contributed by atoms with E-state index in [2.05, 4.69) is 23.8 Å². The fourth-order valence-electron chi connectivity index (χ4n) is 4.83. The van der Waals surface area contributed by atoms with Gasteiger partial charge in [0.1, 0.15) is 11.4 Å². The molecule has 168 valence electrons. The third-order valence-electron chi connectivity index (χ3n) is 6.30. The van der Waals surface area contributed by atoms with Crippen LogP contribution in [0.5, 0.6) is 5.75 Å². The van der Waals surface area contributed by atoms with E-state index in [0.717, 1.165) is 62.6 Å². The topological polar surface area (TPSA) is 59.8 Å². The first-order chi connectivity index (χ1) is 14.9. The zero-order valence-corrected chi connectivity index (χ0v) is 19.1. The summed E-state index contributed by atoms with van der Waals surface area (Å²) in [4.78, 5) is 17.5. The van der Waals surface area contributed by atoms with E-state index in [1.165, 1.54) is 0 Å². The number of aromatic nitrogens is 2. The SMILES string of the molecule is COc1ccc(C)cc1-n1ccc(C(=O)N2CCC(CN3CC(C)OC(C)C3)CC2)n1. The Bertz CT molecular complexity index is 894. The van der Waals surface area contributed by atoms with Gasteiger partial charge in [-0.2, -0.15) is 5.10 Å². The molecule has 7 heteroatoms. The van der Waals surface area contributed by atoms with Crippen LogP contribution in [0.4, 0.5) is 0 Å². The van der Waals surface area contributed by atoms with Crippen molar-refractivity contribution in [3.05, 3.63) is 41.7 Å². The lowest BCUT2D eigenvalue weighted by Crippen LogP contribution is -2.48. The van der Waals surface area contributed by atoms with Gasteiger partial charge < -0.3 is 14.4 Å². The molecule has 0 radical (unpaired) electrons. The zero-order chi connectivity index (χ0) is 22.0. The summed E-state index contributed by atoms with van der Waals surface area (Å²) in [6.45, 7) is 11.0. The largest absolute Gasteiger partial charge is 0.494 e. The second kappa shape index (κ2) is 9.40. The Kier molecular flexibility index (Phi) is 6.62. The fourth-order valence-corrected chi connectivity index (χ4v) is 4.83. The van der Waals surface area contributed by atoms with Crippen molar-refractivity contribution in [2.24, 2.45) is 5.92 Å². The van der Waals surface area contributed by atoms with E-state index in [1.807, 2.05) is 36.2 Å². The lowest BCUT2D eigenvalue weighted by Gasteiger charge is -2.39. The molecule has 1 aromatic carbocycles. The molecule has 2 aromatic rings. The third kappa shape index (κ3) is 5.10. The van der Waals surface area contributed by atoms with Crippen LogP contribution in [0.1, 0.15) is 42.7 Å². The molecule has 4 rings (SSSR count). The molecule has 1 aromatic heterocycles. The quantitative estimate of drug-likeness (QED) is 0.735. The first-order valence-corrected chi connectivity index (χ1v) is 11.3. The summed E-state index contributed by atoms with van der Waals surface area (Å²) in [7, 11) is 1.64. The Balaban J connectivity index is 1.35. The van der Waals surface area contributed by atoms with Crippen LogP contribution in [0.3, 0.4) is 0 Å². The highest BCUT2D eigenvalue weighted by atomic mass is 16.5. The molecule has 1 amide bonds. The van der Waals surface area contributed by atoms with Crippen molar-refractivity contribution < 1.29 is 14.3 Å². The summed E-state index contributed by atoms with van der Waals surface area (Å²) >= 11 is 0. The van der Waals surface area contributed by atoms with Crippen LogP contribution in [0.2, 0.25) is 0 Å². The van der Waals surface area contributed by atoms with Gasteiger partial charge in [0.25, 0.3) is 5.91 Å². The van der Waals surface area contributed by atoms with Gasteiger partial charge in [0.15, 0.2) is 5.69 Å². The van der Waals surface area contributed by atoms with Crippen LogP contribution >= 0.6 is 0 Å². The van der Waals surface area contributed by atoms with Gasteiger partial charge in [0.05, 0.1) is 19.3 Å². The molecule has 7 nitrogen and oxygen atoms in total. The second-order valence-electron chi connectivity index (χ2n) is 9.03. The predicted molar refractivity (Wildman–Crippen MR) is 120 cm³/mol. The summed E-state index contributed by atoms with van der Waals surface area (Å²) < 4.78 is 13.0. The van der Waals surface area contributed by atoms with Crippen LogP contribution in [-0.4, -0.2) is 77.5 Å². The smallest absolute Gasteiger partial charge is 0.274 e. The molecule has 0 N–H and O–H groups in total. The van der Waals surface area contributed by atoms with E-state index in [9.17, 15) is 4.79 Å². The number of likely N-dealkylation sites (tertiary alicyclic amines) is 1. The van der Waals surface area contributed by atoms with E-state index in [4.69, 9.17) is 9.47 Å². The number of hydrogen-bond acceptors (Lipinski definition) is 5. The van der Waals surface area contributed by atoms with E-state index < -0.39 is 0 Å². The molecule has 2 unspecified atom stereocenters. The monoisotopic (exact) mass is 426 g/mol. The Labute approximate surface area is 184 Å². The minimum absolute atomic E-state index is 0.0115. The molecule has 0 spiro atoms. The van der Waals surface area contributed by atoms with Crippen LogP contribution in [-0.2, 0) is 4.74 Å². The molecule has 0 bridgehead atoms. The molecule has 0 saturated carbocycles. The maximum atomic E-state index is 13.0. The summed E-state index contributed by atoms with van der Waals surface area (Å²) in [6.07, 6.45) is 4.51. The van der Waals surface area contributed by atoms with E-state index in [0.29, 0.717) is 23.8 Å². The summed E-state index contributed by atoms with van der Waals surface area (Å²) in [6, 6.07) is 7.74. The molecule has 2 saturated heterocycles. The molecule has 2 fully saturated rings. The third-order valence-corrected chi connectivity index (χ3v) is 6.30. The van der Waals surface area contributed by atoms with Gasteiger partial charge >= 0.3 is 0 Å². The van der Waals surface area contributed by atoms with Crippen molar-refractivity contribution in [1.29, 1.82) is 0 Å². The molecule has 2 aliphatic rings. The Morgan fingerprint density at radius 2 is 1.87 bits per heavy atom. The van der Waals surface area contributed by atoms with Crippen molar-refractivity contribution in [2.45, 2.75) is 45.8 Å². The highest BCUT2D eigenvalue weighted by molar-refractivity contribution is 5.92. The Morgan fingerprint density at radius 3 is 2.55 bits per heavy atom. The highest BCUT2D eigenvalue weighted by Crippen LogP contribution is 2.25. The fraction of sp³-hybridized carbons (Fsp3) is 0.583. The first kappa shape index (κ1) is 21.8. The minimum atomic E-state index is 0.0115. The van der Waals surface area contributed by atoms with E-state index >= 15 is 0 Å². The lowest BCUT2D eigenvalue weighted by molar-refractivity contribution is -0.0728. The van der Waals surface area contributed by atoms with E-state index in [1.54, 1.807) is 17.9 Å². The number of hydrogen-bond donors (Lipinski definition) is 0. The van der Waals surface area contributed by atoms with Crippen molar-refractivity contribution in [3.63, 3.8) is 0 Å². The molecule has 2 aliphatic heterocycles. The number of morpholine rings is 1. The predicted octanol–water partition coefficient (Wildman–Crippen LogP) is 3.15. The number of piperidine rings is 1. The zero-order valence-electron chi connectivity index (χ0n) is 19.1. The number of methoxy groups -OCH3 is 1. The Hall–Kier alpha value is -2.38. The standard InChI is InChI=1S/C24H34N4O3/c1-17-5-6-23(30-4)22(13-17)28-12-9-21(25-28)24(29)27-10-7-20(8-11-27)16-26-14-18(2)31-19(3)15-26/h5-6,9,12-13,18-20H,7-8,10-11,14-16H2,1-4H3. The van der Waals surface area contributed by atoms with Crippen LogP contribution in [0.25, 0.3) is 5.69 Å². The number of carbonyl (C=O) groups excluding carboxylic acids is 1. The van der Waals surface area contributed by atoms with Crippen molar-refractivity contribution in [2.75, 3.05) is 39.8 Å². The second-order valence-corrected chi connectivity index (χ2v) is 9.03. The average molecular weight is 427 g/mol. The van der Waals surface area contributed by atoms with Gasteiger partial charge in [-0.05, 0) is 63.3 Å². The van der Waals surface area contributed by atoms with Crippen LogP contribution in [0, 0.1) is 12.8 Å². The number of nitrogens with zero attached hydrogens (tertiary/aromatic N) is 4. The van der Waals surface area contributed by atoms with Gasteiger partial charge in [-0.3, -0.25) is 9.69 Å². The number of benzene rings is 1. The average Bonchev–Trinajstić information content (AvgIpc) is 3.23. The van der Waals surface area contributed by atoms with Gasteiger partial charge in [-0.1, -0.05) is 6.07 Å². The van der Waals surface area contributed by atoms with Gasteiger partial charge in [-0.15, -0.1) is 0 Å². The normalized spacial score (nSPS) is 23.2. The van der Waals surface area contributed by atoms with E-state index in [-0.39, 0.29) is 5.91 Å². The minimum Gasteiger partial charge on any atom is -0.494 e. The summed E-state index contributed by atoms with van der Waals surface area (Å²) in [5.74, 6) is 1.38. The lowest BCUT2D eigenvalue weighted by atomic mass is 9.95. The number of rotatable bonds is 5. The summed E-state index contributed by atoms with van der Waals surface area (Å²) in [5, 5.41) is 4.56. The maximum absolute atomic E-state index is 13.0. The van der Waals surface area contributed by atoms with Crippen molar-refractivity contribution >= 4 is 5.91 Å². The van der Waals surface area contributed by atoms with Crippen molar-refractivity contribution in [3.8, 4) is 11.4 Å². The van der Waals surface area contributed by atoms with Gasteiger partial charge in [0, 0.05) is 38.9 Å². The number of aryl methyl sites for hydroxylation is 1. The van der Waals surface area contributed by atoms with Crippen LogP contribution < -0.4 is 4.74 Å². The number of carbonyl (C=O) groups is 1. The molecule has 0 aliphatic carbocycles. The maximum Gasteiger partial charge on any atom is 0.274 e. The summed E-state index contributed by atoms with van der Waals surface area (Å²) in [5.41, 5.74) is 2.44. The molecule has 2 atom stereocenters.